The molecule has 7 unspecified atom stereocenters. The van der Waals surface area contributed by atoms with E-state index >= 15 is 0 Å². The van der Waals surface area contributed by atoms with Crippen molar-refractivity contribution in [2.24, 2.45) is 5.92 Å². The lowest BCUT2D eigenvalue weighted by Gasteiger charge is -2.38. The molecule has 0 aromatic rings. The predicted molar refractivity (Wildman–Crippen MR) is 62.8 cm³/mol. The first kappa shape index (κ1) is 10.8. The van der Waals surface area contributed by atoms with Crippen LogP contribution in [0.5, 0.6) is 0 Å². The summed E-state index contributed by atoms with van der Waals surface area (Å²) in [5, 5.41) is 0. The van der Waals surface area contributed by atoms with Gasteiger partial charge in [-0.2, -0.15) is 0 Å². The van der Waals surface area contributed by atoms with Gasteiger partial charge < -0.3 is 14.2 Å². The molecule has 2 aliphatic heterocycles. The second-order valence-electron chi connectivity index (χ2n) is 6.72. The third-order valence-corrected chi connectivity index (χ3v) is 5.11. The van der Waals surface area contributed by atoms with Crippen LogP contribution in [0.2, 0.25) is 0 Å². The van der Waals surface area contributed by atoms with Crippen molar-refractivity contribution >= 4 is 0 Å². The van der Waals surface area contributed by atoms with Crippen molar-refractivity contribution in [2.75, 3.05) is 0 Å². The van der Waals surface area contributed by atoms with E-state index in [1.165, 1.54) is 12.8 Å². The van der Waals surface area contributed by atoms with Gasteiger partial charge in [-0.25, -0.2) is 0 Å². The maximum absolute atomic E-state index is 6.47. The van der Waals surface area contributed by atoms with E-state index in [1.807, 2.05) is 0 Å². The Morgan fingerprint density at radius 2 is 1.82 bits per heavy atom. The average Bonchev–Trinajstić information content (AvgIpc) is 3.13. The largest absolute Gasteiger partial charge is 0.372 e. The maximum atomic E-state index is 6.47. The minimum absolute atomic E-state index is 0.0539. The number of epoxide rings is 2. The summed E-state index contributed by atoms with van der Waals surface area (Å²) in [6.45, 7) is 4.59. The molecule has 3 nitrogen and oxygen atoms in total. The number of hydrogen-bond donors (Lipinski definition) is 0. The minimum atomic E-state index is 0.0539. The molecule has 96 valence electrons. The van der Waals surface area contributed by atoms with Crippen molar-refractivity contribution in [1.29, 1.82) is 0 Å². The van der Waals surface area contributed by atoms with Crippen molar-refractivity contribution in [3.05, 3.63) is 0 Å². The minimum Gasteiger partial charge on any atom is -0.372 e. The zero-order valence-electron chi connectivity index (χ0n) is 10.7. The molecule has 0 N–H and O–H groups in total. The van der Waals surface area contributed by atoms with E-state index in [-0.39, 0.29) is 5.60 Å². The van der Waals surface area contributed by atoms with Crippen molar-refractivity contribution < 1.29 is 14.2 Å². The van der Waals surface area contributed by atoms with Gasteiger partial charge in [-0.3, -0.25) is 0 Å². The van der Waals surface area contributed by atoms with E-state index in [0.717, 1.165) is 19.3 Å². The second kappa shape index (κ2) is 3.46. The third-order valence-electron chi connectivity index (χ3n) is 5.11. The number of ether oxygens (including phenoxy) is 3. The quantitative estimate of drug-likeness (QED) is 0.692. The lowest BCUT2D eigenvalue weighted by Crippen LogP contribution is -2.42. The number of fused-ring (bicyclic) bond motifs is 2. The summed E-state index contributed by atoms with van der Waals surface area (Å²) >= 11 is 0. The first-order chi connectivity index (χ1) is 8.13. The van der Waals surface area contributed by atoms with Gasteiger partial charge in [0.2, 0.25) is 0 Å². The van der Waals surface area contributed by atoms with E-state index < -0.39 is 0 Å². The monoisotopic (exact) mass is 238 g/mol. The zero-order valence-corrected chi connectivity index (χ0v) is 10.7. The first-order valence-electron chi connectivity index (χ1n) is 7.12. The van der Waals surface area contributed by atoms with Gasteiger partial charge in [0.15, 0.2) is 0 Å². The molecule has 0 aromatic carbocycles. The lowest BCUT2D eigenvalue weighted by molar-refractivity contribution is -0.124. The molecule has 4 aliphatic rings. The third kappa shape index (κ3) is 1.92. The molecule has 0 radical (unpaired) electrons. The molecule has 4 fully saturated rings. The molecule has 0 amide bonds. The van der Waals surface area contributed by atoms with Crippen LogP contribution in [0.4, 0.5) is 0 Å². The van der Waals surface area contributed by atoms with Crippen molar-refractivity contribution in [3.8, 4) is 0 Å². The molecule has 17 heavy (non-hydrogen) atoms. The Bertz CT molecular complexity index is 331. The van der Waals surface area contributed by atoms with Crippen LogP contribution < -0.4 is 0 Å². The molecule has 2 heterocycles. The van der Waals surface area contributed by atoms with E-state index in [0.29, 0.717) is 36.4 Å². The highest BCUT2D eigenvalue weighted by Gasteiger charge is 2.52. The molecule has 0 spiro atoms. The van der Waals surface area contributed by atoms with Gasteiger partial charge in [0.25, 0.3) is 0 Å². The molecule has 0 bridgehead atoms. The summed E-state index contributed by atoms with van der Waals surface area (Å²) in [5.74, 6) is 0.647. The first-order valence-corrected chi connectivity index (χ1v) is 7.12. The standard InChI is InChI=1S/C14H22O3/c1-8-5-11-12(16-11)6-10(8)17-14(2)4-3-9-13(7-14)15-9/h8-13H,3-7H2,1-2H3. The SMILES string of the molecule is CC1CC2OC2CC1OC1(C)CCC2OC2C1. The van der Waals surface area contributed by atoms with Gasteiger partial charge in [0.05, 0.1) is 36.1 Å². The highest BCUT2D eigenvalue weighted by Crippen LogP contribution is 2.47. The van der Waals surface area contributed by atoms with Crippen molar-refractivity contribution in [1.82, 2.24) is 0 Å². The Kier molecular flexibility index (Phi) is 2.19. The van der Waals surface area contributed by atoms with E-state index in [9.17, 15) is 0 Å². The molecule has 7 atom stereocenters. The van der Waals surface area contributed by atoms with Gasteiger partial charge in [0.1, 0.15) is 0 Å². The molecule has 3 heteroatoms. The van der Waals surface area contributed by atoms with E-state index in [2.05, 4.69) is 13.8 Å². The fraction of sp³-hybridized carbons (Fsp3) is 1.00. The topological polar surface area (TPSA) is 34.3 Å². The Labute approximate surface area is 103 Å². The van der Waals surface area contributed by atoms with Crippen LogP contribution in [0.3, 0.4) is 0 Å². The lowest BCUT2D eigenvalue weighted by atomic mass is 9.83. The highest BCUT2D eigenvalue weighted by molar-refractivity contribution is 5.01. The summed E-state index contributed by atoms with van der Waals surface area (Å²) in [4.78, 5) is 0. The number of rotatable bonds is 2. The number of hydrogen-bond acceptors (Lipinski definition) is 3. The van der Waals surface area contributed by atoms with Crippen LogP contribution in [-0.4, -0.2) is 36.1 Å². The summed E-state index contributed by atoms with van der Waals surface area (Å²) in [6.07, 6.45) is 8.26. The highest BCUT2D eigenvalue weighted by atomic mass is 16.6. The Balaban J connectivity index is 1.41. The summed E-state index contributed by atoms with van der Waals surface area (Å²) in [5.41, 5.74) is 0.0539. The molecule has 0 aromatic heterocycles. The van der Waals surface area contributed by atoms with E-state index in [4.69, 9.17) is 14.2 Å². The normalized spacial score (nSPS) is 60.4. The van der Waals surface area contributed by atoms with Crippen LogP contribution in [0.25, 0.3) is 0 Å². The smallest absolute Gasteiger partial charge is 0.0869 e. The van der Waals surface area contributed by atoms with Crippen LogP contribution in [0.15, 0.2) is 0 Å². The molecular formula is C14H22O3. The summed E-state index contributed by atoms with van der Waals surface area (Å²) in [7, 11) is 0. The van der Waals surface area contributed by atoms with Crippen molar-refractivity contribution in [2.45, 2.75) is 82.1 Å². The van der Waals surface area contributed by atoms with Crippen LogP contribution in [-0.2, 0) is 14.2 Å². The molecule has 2 saturated heterocycles. The Morgan fingerprint density at radius 3 is 2.65 bits per heavy atom. The Morgan fingerprint density at radius 1 is 1.06 bits per heavy atom. The summed E-state index contributed by atoms with van der Waals surface area (Å²) < 4.78 is 17.7. The molecular weight excluding hydrogens is 216 g/mol. The van der Waals surface area contributed by atoms with Gasteiger partial charge in [-0.15, -0.1) is 0 Å². The predicted octanol–water partition coefficient (Wildman–Crippen LogP) is 2.28. The fourth-order valence-corrected chi connectivity index (χ4v) is 3.80. The van der Waals surface area contributed by atoms with Crippen LogP contribution in [0, 0.1) is 5.92 Å². The average molecular weight is 238 g/mol. The Hall–Kier alpha value is -0.120. The van der Waals surface area contributed by atoms with Crippen LogP contribution >= 0.6 is 0 Å². The molecule has 2 aliphatic carbocycles. The fourth-order valence-electron chi connectivity index (χ4n) is 3.80. The van der Waals surface area contributed by atoms with Gasteiger partial charge in [-0.1, -0.05) is 6.92 Å². The summed E-state index contributed by atoms with van der Waals surface area (Å²) in [6, 6.07) is 0. The van der Waals surface area contributed by atoms with Crippen molar-refractivity contribution in [3.63, 3.8) is 0 Å². The zero-order chi connectivity index (χ0) is 11.6. The van der Waals surface area contributed by atoms with Gasteiger partial charge in [0, 0.05) is 12.8 Å². The van der Waals surface area contributed by atoms with E-state index in [1.54, 1.807) is 0 Å². The molecule has 4 rings (SSSR count). The maximum Gasteiger partial charge on any atom is 0.0869 e. The second-order valence-corrected chi connectivity index (χ2v) is 6.72. The van der Waals surface area contributed by atoms with Crippen LogP contribution in [0.1, 0.15) is 46.0 Å². The molecule has 2 saturated carbocycles. The van der Waals surface area contributed by atoms with Gasteiger partial charge in [-0.05, 0) is 32.1 Å². The van der Waals surface area contributed by atoms with Gasteiger partial charge >= 0.3 is 0 Å².